The number of hydrogen-bond donors (Lipinski definition) is 1. The van der Waals surface area contributed by atoms with Gasteiger partial charge in [0.05, 0.1) is 11.8 Å². The molecule has 0 radical (unpaired) electrons. The summed E-state index contributed by atoms with van der Waals surface area (Å²) >= 11 is 0. The molecule has 2 aromatic rings. The minimum atomic E-state index is -4.40. The lowest BCUT2D eigenvalue weighted by Gasteiger charge is -2.13. The zero-order valence-electron chi connectivity index (χ0n) is 12.0. The first-order valence-electron chi connectivity index (χ1n) is 6.87. The average Bonchev–Trinajstić information content (AvgIpc) is 2.97. The summed E-state index contributed by atoms with van der Waals surface area (Å²) in [6.07, 6.45) is -1.45. The van der Waals surface area contributed by atoms with Gasteiger partial charge in [0, 0.05) is 18.0 Å². The largest absolute Gasteiger partial charge is 0.469 e. The highest BCUT2D eigenvalue weighted by molar-refractivity contribution is 5.94. The summed E-state index contributed by atoms with van der Waals surface area (Å²) in [6.45, 7) is 1.84. The summed E-state index contributed by atoms with van der Waals surface area (Å²) in [5.41, 5.74) is -0.562. The summed E-state index contributed by atoms with van der Waals surface area (Å²) in [4.78, 5) is 12.0. The predicted octanol–water partition coefficient (Wildman–Crippen LogP) is 4.05. The van der Waals surface area contributed by atoms with Crippen LogP contribution in [0.4, 0.5) is 13.2 Å². The minimum absolute atomic E-state index is 0.111. The number of rotatable bonds is 5. The number of furan rings is 1. The monoisotopic (exact) mass is 311 g/mol. The van der Waals surface area contributed by atoms with Crippen molar-refractivity contribution in [2.24, 2.45) is 0 Å². The average molecular weight is 311 g/mol. The zero-order valence-corrected chi connectivity index (χ0v) is 12.0. The second-order valence-corrected chi connectivity index (χ2v) is 5.07. The van der Waals surface area contributed by atoms with Crippen molar-refractivity contribution < 1.29 is 22.4 Å². The van der Waals surface area contributed by atoms with Crippen molar-refractivity contribution in [1.29, 1.82) is 0 Å². The van der Waals surface area contributed by atoms with Gasteiger partial charge in [-0.1, -0.05) is 0 Å². The molecule has 1 N–H and O–H groups in total. The Hall–Kier alpha value is -2.24. The highest BCUT2D eigenvalue weighted by Gasteiger charge is 2.30. The third kappa shape index (κ3) is 4.38. The maximum Gasteiger partial charge on any atom is 0.416 e. The van der Waals surface area contributed by atoms with Crippen molar-refractivity contribution in [3.8, 4) is 0 Å². The number of hydrogen-bond acceptors (Lipinski definition) is 2. The molecule has 0 aliphatic heterocycles. The molecule has 1 aromatic heterocycles. The second kappa shape index (κ2) is 6.68. The number of carbonyl (C=O) groups excluding carboxylic acids is 1. The SMILES string of the molecule is C[C@@H](CCc1ccco1)NC(=O)c1ccc(C(F)(F)F)cc1. The Labute approximate surface area is 126 Å². The number of aryl methyl sites for hydroxylation is 1. The Morgan fingerprint density at radius 2 is 1.91 bits per heavy atom. The van der Waals surface area contributed by atoms with Crippen LogP contribution in [0.15, 0.2) is 47.1 Å². The van der Waals surface area contributed by atoms with Crippen molar-refractivity contribution >= 4 is 5.91 Å². The van der Waals surface area contributed by atoms with Gasteiger partial charge in [0.1, 0.15) is 5.76 Å². The molecule has 1 amide bonds. The first-order chi connectivity index (χ1) is 10.4. The van der Waals surface area contributed by atoms with Crippen molar-refractivity contribution in [2.45, 2.75) is 32.0 Å². The summed E-state index contributed by atoms with van der Waals surface area (Å²) < 4.78 is 42.6. The number of nitrogens with one attached hydrogen (secondary N) is 1. The molecule has 0 saturated heterocycles. The minimum Gasteiger partial charge on any atom is -0.469 e. The van der Waals surface area contributed by atoms with Gasteiger partial charge in [-0.3, -0.25) is 4.79 Å². The van der Waals surface area contributed by atoms with Crippen LogP contribution in [0.2, 0.25) is 0 Å². The lowest BCUT2D eigenvalue weighted by atomic mass is 10.1. The van der Waals surface area contributed by atoms with Crippen LogP contribution in [0.1, 0.15) is 35.0 Å². The van der Waals surface area contributed by atoms with Gasteiger partial charge in [-0.2, -0.15) is 13.2 Å². The Morgan fingerprint density at radius 3 is 2.45 bits per heavy atom. The van der Waals surface area contributed by atoms with Gasteiger partial charge in [-0.05, 0) is 49.7 Å². The smallest absolute Gasteiger partial charge is 0.416 e. The lowest BCUT2D eigenvalue weighted by molar-refractivity contribution is -0.137. The van der Waals surface area contributed by atoms with E-state index >= 15 is 0 Å². The maximum absolute atomic E-state index is 12.5. The number of amides is 1. The van der Waals surface area contributed by atoms with Crippen LogP contribution in [0.5, 0.6) is 0 Å². The Kier molecular flexibility index (Phi) is 4.90. The van der Waals surface area contributed by atoms with E-state index in [1.165, 1.54) is 12.1 Å². The second-order valence-electron chi connectivity index (χ2n) is 5.07. The Bertz CT molecular complexity index is 603. The van der Waals surface area contributed by atoms with E-state index in [2.05, 4.69) is 5.32 Å². The van der Waals surface area contributed by atoms with Gasteiger partial charge >= 0.3 is 6.18 Å². The van der Waals surface area contributed by atoms with Gasteiger partial charge in [0.25, 0.3) is 5.91 Å². The Balaban J connectivity index is 1.88. The topological polar surface area (TPSA) is 42.2 Å². The van der Waals surface area contributed by atoms with E-state index < -0.39 is 11.7 Å². The van der Waals surface area contributed by atoms with Crippen molar-refractivity contribution in [3.05, 3.63) is 59.5 Å². The molecule has 1 atom stereocenters. The number of halogens is 3. The van der Waals surface area contributed by atoms with Crippen LogP contribution in [0.3, 0.4) is 0 Å². The third-order valence-corrected chi connectivity index (χ3v) is 3.26. The molecular formula is C16H16F3NO2. The van der Waals surface area contributed by atoms with Crippen LogP contribution in [-0.4, -0.2) is 11.9 Å². The molecule has 118 valence electrons. The Morgan fingerprint density at radius 1 is 1.23 bits per heavy atom. The van der Waals surface area contributed by atoms with Crippen LogP contribution in [0.25, 0.3) is 0 Å². The first-order valence-corrected chi connectivity index (χ1v) is 6.87. The van der Waals surface area contributed by atoms with Crippen molar-refractivity contribution in [2.75, 3.05) is 0 Å². The highest BCUT2D eigenvalue weighted by atomic mass is 19.4. The molecule has 2 rings (SSSR count). The van der Waals surface area contributed by atoms with E-state index in [4.69, 9.17) is 4.42 Å². The van der Waals surface area contributed by atoms with E-state index in [0.29, 0.717) is 12.8 Å². The molecule has 22 heavy (non-hydrogen) atoms. The predicted molar refractivity (Wildman–Crippen MR) is 75.4 cm³/mol. The molecule has 0 unspecified atom stereocenters. The molecule has 6 heteroatoms. The van der Waals surface area contributed by atoms with Gasteiger partial charge in [0.15, 0.2) is 0 Å². The maximum atomic E-state index is 12.5. The lowest BCUT2D eigenvalue weighted by Crippen LogP contribution is -2.32. The summed E-state index contributed by atoms with van der Waals surface area (Å²) in [7, 11) is 0. The zero-order chi connectivity index (χ0) is 16.2. The number of alkyl halides is 3. The van der Waals surface area contributed by atoms with Crippen LogP contribution >= 0.6 is 0 Å². The standard InChI is InChI=1S/C16H16F3NO2/c1-11(4-9-14-3-2-10-22-14)20-15(21)12-5-7-13(8-6-12)16(17,18)19/h2-3,5-8,10-11H,4,9H2,1H3,(H,20,21)/t11-/m0/s1. The van der Waals surface area contributed by atoms with Crippen LogP contribution in [0, 0.1) is 0 Å². The quantitative estimate of drug-likeness (QED) is 0.905. The highest BCUT2D eigenvalue weighted by Crippen LogP contribution is 2.29. The van der Waals surface area contributed by atoms with Crippen molar-refractivity contribution in [1.82, 2.24) is 5.32 Å². The fourth-order valence-corrected chi connectivity index (χ4v) is 2.00. The van der Waals surface area contributed by atoms with Crippen molar-refractivity contribution in [3.63, 3.8) is 0 Å². The first kappa shape index (κ1) is 16.1. The molecule has 0 aliphatic carbocycles. The fraction of sp³-hybridized carbons (Fsp3) is 0.312. The molecule has 3 nitrogen and oxygen atoms in total. The van der Waals surface area contributed by atoms with Crippen LogP contribution < -0.4 is 5.32 Å². The normalized spacial score (nSPS) is 12.9. The molecule has 1 heterocycles. The molecule has 1 aromatic carbocycles. The molecule has 0 fully saturated rings. The third-order valence-electron chi connectivity index (χ3n) is 3.26. The van der Waals surface area contributed by atoms with Gasteiger partial charge in [-0.25, -0.2) is 0 Å². The molecule has 0 spiro atoms. The van der Waals surface area contributed by atoms with E-state index in [1.807, 2.05) is 13.0 Å². The van der Waals surface area contributed by atoms with Gasteiger partial charge < -0.3 is 9.73 Å². The van der Waals surface area contributed by atoms with E-state index in [9.17, 15) is 18.0 Å². The van der Waals surface area contributed by atoms with Gasteiger partial charge in [0.2, 0.25) is 0 Å². The summed E-state index contributed by atoms with van der Waals surface area (Å²) in [6, 6.07) is 7.70. The fourth-order valence-electron chi connectivity index (χ4n) is 2.00. The summed E-state index contributed by atoms with van der Waals surface area (Å²) in [5.74, 6) is 0.441. The van der Waals surface area contributed by atoms with E-state index in [1.54, 1.807) is 12.3 Å². The van der Waals surface area contributed by atoms with E-state index in [-0.39, 0.29) is 17.5 Å². The summed E-state index contributed by atoms with van der Waals surface area (Å²) in [5, 5.41) is 2.75. The molecular weight excluding hydrogens is 295 g/mol. The number of benzene rings is 1. The van der Waals surface area contributed by atoms with Gasteiger partial charge in [-0.15, -0.1) is 0 Å². The van der Waals surface area contributed by atoms with Crippen LogP contribution in [-0.2, 0) is 12.6 Å². The van der Waals surface area contributed by atoms with E-state index in [0.717, 1.165) is 17.9 Å². The number of carbonyl (C=O) groups is 1. The molecule has 0 aliphatic rings. The molecule has 0 saturated carbocycles. The molecule has 0 bridgehead atoms.